The Balaban J connectivity index is 1.81. The van der Waals surface area contributed by atoms with Crippen LogP contribution in [0.1, 0.15) is 32.2 Å². The van der Waals surface area contributed by atoms with Crippen LogP contribution in [0.4, 0.5) is 11.4 Å². The number of nitrogens with one attached hydrogen (secondary N) is 1. The van der Waals surface area contributed by atoms with Crippen molar-refractivity contribution in [1.29, 1.82) is 0 Å². The van der Waals surface area contributed by atoms with Crippen LogP contribution in [0.25, 0.3) is 0 Å². The number of piperidine rings is 1. The summed E-state index contributed by atoms with van der Waals surface area (Å²) in [5, 5.41) is 6.83. The zero-order chi connectivity index (χ0) is 17.8. The summed E-state index contributed by atoms with van der Waals surface area (Å²) in [5.74, 6) is 0.466. The molecule has 2 heterocycles. The summed E-state index contributed by atoms with van der Waals surface area (Å²) in [6.45, 7) is 2.39. The molecule has 1 aromatic carbocycles. The SMILES string of the molecule is COc1ccc(NC(=O)[C@H](C)n2cncn2)cc1N1CCCCC1=O. The molecule has 0 radical (unpaired) electrons. The maximum Gasteiger partial charge on any atom is 0.249 e. The molecule has 2 aromatic rings. The second kappa shape index (κ2) is 7.33. The lowest BCUT2D eigenvalue weighted by Gasteiger charge is -2.28. The van der Waals surface area contributed by atoms with Gasteiger partial charge in [0.25, 0.3) is 0 Å². The van der Waals surface area contributed by atoms with E-state index >= 15 is 0 Å². The van der Waals surface area contributed by atoms with Gasteiger partial charge in [0.1, 0.15) is 24.4 Å². The first-order valence-corrected chi connectivity index (χ1v) is 8.23. The second-order valence-electron chi connectivity index (χ2n) is 5.93. The van der Waals surface area contributed by atoms with E-state index in [1.54, 1.807) is 37.1 Å². The summed E-state index contributed by atoms with van der Waals surface area (Å²) < 4.78 is 6.86. The Hall–Kier alpha value is -2.90. The van der Waals surface area contributed by atoms with Gasteiger partial charge in [-0.2, -0.15) is 5.10 Å². The highest BCUT2D eigenvalue weighted by Crippen LogP contribution is 2.33. The van der Waals surface area contributed by atoms with Crippen LogP contribution in [-0.4, -0.2) is 40.2 Å². The summed E-state index contributed by atoms with van der Waals surface area (Å²) in [6, 6.07) is 4.79. The van der Waals surface area contributed by atoms with Gasteiger partial charge in [-0.25, -0.2) is 9.67 Å². The third-order valence-corrected chi connectivity index (χ3v) is 4.27. The minimum absolute atomic E-state index is 0.0732. The predicted octanol–water partition coefficient (Wildman–Crippen LogP) is 2.00. The molecule has 1 aliphatic heterocycles. The highest BCUT2D eigenvalue weighted by molar-refractivity contribution is 5.98. The molecule has 0 aliphatic carbocycles. The molecule has 1 fully saturated rings. The van der Waals surface area contributed by atoms with Crippen LogP contribution in [-0.2, 0) is 9.59 Å². The molecule has 0 unspecified atom stereocenters. The number of ether oxygens (including phenoxy) is 1. The van der Waals surface area contributed by atoms with Gasteiger partial charge in [-0.15, -0.1) is 0 Å². The Kier molecular flexibility index (Phi) is 4.97. The van der Waals surface area contributed by atoms with Gasteiger partial charge in [-0.05, 0) is 38.0 Å². The van der Waals surface area contributed by atoms with Crippen LogP contribution >= 0.6 is 0 Å². The van der Waals surface area contributed by atoms with Crippen molar-refractivity contribution in [3.05, 3.63) is 30.9 Å². The number of amides is 2. The first-order valence-electron chi connectivity index (χ1n) is 8.23. The van der Waals surface area contributed by atoms with Crippen LogP contribution in [0.3, 0.4) is 0 Å². The largest absolute Gasteiger partial charge is 0.495 e. The molecule has 0 spiro atoms. The molecule has 0 saturated carbocycles. The van der Waals surface area contributed by atoms with Gasteiger partial charge in [0.05, 0.1) is 12.8 Å². The topological polar surface area (TPSA) is 89.3 Å². The van der Waals surface area contributed by atoms with Gasteiger partial charge in [0, 0.05) is 18.7 Å². The van der Waals surface area contributed by atoms with E-state index in [4.69, 9.17) is 4.74 Å². The molecule has 8 nitrogen and oxygen atoms in total. The van der Waals surface area contributed by atoms with E-state index in [2.05, 4.69) is 15.4 Å². The molecule has 3 rings (SSSR count). The van der Waals surface area contributed by atoms with Crippen molar-refractivity contribution in [2.45, 2.75) is 32.2 Å². The molecule has 1 aliphatic rings. The monoisotopic (exact) mass is 343 g/mol. The summed E-state index contributed by atoms with van der Waals surface area (Å²) in [7, 11) is 1.57. The maximum absolute atomic E-state index is 12.4. The van der Waals surface area contributed by atoms with Crippen molar-refractivity contribution >= 4 is 23.2 Å². The second-order valence-corrected chi connectivity index (χ2v) is 5.93. The normalized spacial score (nSPS) is 15.8. The summed E-state index contributed by atoms with van der Waals surface area (Å²) in [6.07, 6.45) is 5.27. The Bertz CT molecular complexity index is 760. The number of aromatic nitrogens is 3. The molecule has 1 saturated heterocycles. The Morgan fingerprint density at radius 3 is 2.88 bits per heavy atom. The van der Waals surface area contributed by atoms with Gasteiger partial charge < -0.3 is 15.0 Å². The van der Waals surface area contributed by atoms with Crippen molar-refractivity contribution in [3.8, 4) is 5.75 Å². The summed E-state index contributed by atoms with van der Waals surface area (Å²) >= 11 is 0. The summed E-state index contributed by atoms with van der Waals surface area (Å²) in [5.41, 5.74) is 1.28. The van der Waals surface area contributed by atoms with Crippen LogP contribution in [0.15, 0.2) is 30.9 Å². The Morgan fingerprint density at radius 2 is 2.20 bits per heavy atom. The Morgan fingerprint density at radius 1 is 1.36 bits per heavy atom. The average Bonchev–Trinajstić information content (AvgIpc) is 3.16. The molecule has 1 atom stereocenters. The number of anilines is 2. The van der Waals surface area contributed by atoms with Crippen molar-refractivity contribution < 1.29 is 14.3 Å². The number of hydrogen-bond acceptors (Lipinski definition) is 5. The molecule has 25 heavy (non-hydrogen) atoms. The van der Waals surface area contributed by atoms with Gasteiger partial charge in [-0.3, -0.25) is 9.59 Å². The molecule has 1 N–H and O–H groups in total. The fourth-order valence-corrected chi connectivity index (χ4v) is 2.82. The number of methoxy groups -OCH3 is 1. The van der Waals surface area contributed by atoms with Gasteiger partial charge in [0.2, 0.25) is 11.8 Å². The lowest BCUT2D eigenvalue weighted by atomic mass is 10.1. The van der Waals surface area contributed by atoms with Gasteiger partial charge >= 0.3 is 0 Å². The maximum atomic E-state index is 12.4. The average molecular weight is 343 g/mol. The molecule has 0 bridgehead atoms. The van der Waals surface area contributed by atoms with E-state index in [1.165, 1.54) is 17.3 Å². The van der Waals surface area contributed by atoms with E-state index in [0.29, 0.717) is 30.1 Å². The highest BCUT2D eigenvalue weighted by Gasteiger charge is 2.23. The van der Waals surface area contributed by atoms with Crippen LogP contribution in [0, 0.1) is 0 Å². The van der Waals surface area contributed by atoms with E-state index in [-0.39, 0.29) is 11.8 Å². The van der Waals surface area contributed by atoms with Gasteiger partial charge in [0.15, 0.2) is 0 Å². The zero-order valence-corrected chi connectivity index (χ0v) is 14.3. The van der Waals surface area contributed by atoms with Crippen molar-refractivity contribution in [2.24, 2.45) is 0 Å². The van der Waals surface area contributed by atoms with Crippen molar-refractivity contribution in [1.82, 2.24) is 14.8 Å². The lowest BCUT2D eigenvalue weighted by molar-refractivity contribution is -0.120. The first kappa shape index (κ1) is 16.9. The third kappa shape index (κ3) is 3.62. The molecule has 1 aromatic heterocycles. The van der Waals surface area contributed by atoms with Crippen LogP contribution < -0.4 is 15.0 Å². The lowest BCUT2D eigenvalue weighted by Crippen LogP contribution is -2.35. The number of benzene rings is 1. The van der Waals surface area contributed by atoms with Crippen molar-refractivity contribution in [2.75, 3.05) is 23.9 Å². The quantitative estimate of drug-likeness (QED) is 0.897. The minimum atomic E-state index is -0.496. The minimum Gasteiger partial charge on any atom is -0.495 e. The smallest absolute Gasteiger partial charge is 0.249 e. The van der Waals surface area contributed by atoms with Gasteiger partial charge in [-0.1, -0.05) is 0 Å². The predicted molar refractivity (Wildman–Crippen MR) is 92.6 cm³/mol. The highest BCUT2D eigenvalue weighted by atomic mass is 16.5. The fraction of sp³-hybridized carbons (Fsp3) is 0.412. The molecule has 8 heteroatoms. The number of rotatable bonds is 5. The van der Waals surface area contributed by atoms with Crippen LogP contribution in [0.5, 0.6) is 5.75 Å². The number of nitrogens with zero attached hydrogens (tertiary/aromatic N) is 4. The molecular formula is C17H21N5O3. The number of hydrogen-bond donors (Lipinski definition) is 1. The number of carbonyl (C=O) groups excluding carboxylic acids is 2. The first-order chi connectivity index (χ1) is 12.1. The molecule has 2 amide bonds. The fourth-order valence-electron chi connectivity index (χ4n) is 2.82. The standard InChI is InChI=1S/C17H21N5O3/c1-12(22-11-18-10-19-22)17(24)20-13-6-7-15(25-2)14(9-13)21-8-4-3-5-16(21)23/h6-7,9-12H,3-5,8H2,1-2H3,(H,20,24)/t12-/m0/s1. The Labute approximate surface area is 145 Å². The number of carbonyl (C=O) groups is 2. The van der Waals surface area contributed by atoms with E-state index in [1.807, 2.05) is 0 Å². The van der Waals surface area contributed by atoms with E-state index in [9.17, 15) is 9.59 Å². The van der Waals surface area contributed by atoms with Crippen LogP contribution in [0.2, 0.25) is 0 Å². The van der Waals surface area contributed by atoms with E-state index in [0.717, 1.165) is 12.8 Å². The molecular weight excluding hydrogens is 322 g/mol. The van der Waals surface area contributed by atoms with Crippen molar-refractivity contribution in [3.63, 3.8) is 0 Å². The third-order valence-electron chi connectivity index (χ3n) is 4.27. The zero-order valence-electron chi connectivity index (χ0n) is 14.3. The molecule has 132 valence electrons. The van der Waals surface area contributed by atoms with E-state index < -0.39 is 6.04 Å². The summed E-state index contributed by atoms with van der Waals surface area (Å²) in [4.78, 5) is 30.2.